The number of anilines is 1. The molecule has 2 heterocycles. The maximum absolute atomic E-state index is 13.7. The number of hydrogen-bond acceptors (Lipinski definition) is 11. The molecule has 0 aliphatic rings. The van der Waals surface area contributed by atoms with E-state index in [0.717, 1.165) is 21.9 Å². The molecular weight excluding hydrogens is 636 g/mol. The van der Waals surface area contributed by atoms with Gasteiger partial charge in [0.05, 0.1) is 17.2 Å². The summed E-state index contributed by atoms with van der Waals surface area (Å²) >= 11 is 3.93. The van der Waals surface area contributed by atoms with Gasteiger partial charge in [-0.2, -0.15) is 4.31 Å². The molecule has 0 radical (unpaired) electrons. The molecule has 2 aromatic heterocycles. The SMILES string of the molecule is CCSc1nnc(NC(=O)CSc2nnc(CNC(=O)c3ccc(S(=O)(=O)N(CC)CC)cc3)n2-c2ccc(F)cc2)s1. The van der Waals surface area contributed by atoms with E-state index in [4.69, 9.17) is 0 Å². The summed E-state index contributed by atoms with van der Waals surface area (Å²) in [7, 11) is -3.65. The Bertz CT molecular complexity index is 1660. The van der Waals surface area contributed by atoms with Crippen molar-refractivity contribution >= 4 is 61.8 Å². The smallest absolute Gasteiger partial charge is 0.251 e. The summed E-state index contributed by atoms with van der Waals surface area (Å²) in [6, 6.07) is 11.3. The van der Waals surface area contributed by atoms with Gasteiger partial charge in [0.2, 0.25) is 21.1 Å². The Morgan fingerprint density at radius 2 is 1.65 bits per heavy atom. The highest BCUT2D eigenvalue weighted by Gasteiger charge is 2.22. The van der Waals surface area contributed by atoms with E-state index in [2.05, 4.69) is 31.0 Å². The minimum Gasteiger partial charge on any atom is -0.345 e. The van der Waals surface area contributed by atoms with Crippen molar-refractivity contribution in [3.05, 3.63) is 65.7 Å². The summed E-state index contributed by atoms with van der Waals surface area (Å²) < 4.78 is 42.9. The van der Waals surface area contributed by atoms with E-state index in [1.165, 1.54) is 75.9 Å². The van der Waals surface area contributed by atoms with Crippen molar-refractivity contribution in [2.75, 3.05) is 29.9 Å². The maximum atomic E-state index is 13.7. The number of nitrogens with zero attached hydrogens (tertiary/aromatic N) is 6. The molecule has 0 saturated heterocycles. The first-order chi connectivity index (χ1) is 20.7. The highest BCUT2D eigenvalue weighted by atomic mass is 32.2. The van der Waals surface area contributed by atoms with Crippen LogP contribution >= 0.6 is 34.9 Å². The van der Waals surface area contributed by atoms with E-state index in [9.17, 15) is 22.4 Å². The van der Waals surface area contributed by atoms with Crippen molar-refractivity contribution in [2.45, 2.75) is 41.7 Å². The van der Waals surface area contributed by atoms with E-state index in [1.54, 1.807) is 18.4 Å². The Kier molecular flexibility index (Phi) is 11.3. The highest BCUT2D eigenvalue weighted by molar-refractivity contribution is 8.01. The van der Waals surface area contributed by atoms with Gasteiger partial charge in [-0.25, -0.2) is 12.8 Å². The molecule has 0 unspecified atom stereocenters. The molecule has 0 fully saturated rings. The van der Waals surface area contributed by atoms with Crippen molar-refractivity contribution in [1.82, 2.24) is 34.6 Å². The van der Waals surface area contributed by atoms with Gasteiger partial charge in [-0.05, 0) is 54.3 Å². The summed E-state index contributed by atoms with van der Waals surface area (Å²) in [5.41, 5.74) is 0.796. The molecular formula is C26H29FN8O4S4. The second-order valence-corrected chi connectivity index (χ2v) is 14.0. The van der Waals surface area contributed by atoms with Crippen molar-refractivity contribution in [2.24, 2.45) is 0 Å². The Balaban J connectivity index is 1.46. The predicted molar refractivity (Wildman–Crippen MR) is 165 cm³/mol. The Hall–Kier alpha value is -3.38. The van der Waals surface area contributed by atoms with Crippen LogP contribution in [0.15, 0.2) is 62.9 Å². The molecule has 2 aromatic carbocycles. The normalized spacial score (nSPS) is 11.6. The third-order valence-corrected chi connectivity index (χ3v) is 10.8. The molecule has 0 saturated carbocycles. The standard InChI is InChI=1S/C26H29FN8O4S4/c1-4-34(5-2)43(38,39)20-13-7-17(8-14-20)23(37)28-15-21-30-32-25(35(21)19-11-9-18(27)10-12-19)41-16-22(36)29-24-31-33-26(42-24)40-6-3/h7-14H,4-6,15-16H2,1-3H3,(H,28,37)(H,29,31,36). The van der Waals surface area contributed by atoms with E-state index in [-0.39, 0.29) is 28.7 Å². The average molecular weight is 665 g/mol. The van der Waals surface area contributed by atoms with Crippen molar-refractivity contribution < 1.29 is 22.4 Å². The number of carbonyl (C=O) groups excluding carboxylic acids is 2. The van der Waals surface area contributed by atoms with Gasteiger partial charge in [0.25, 0.3) is 5.91 Å². The number of carbonyl (C=O) groups is 2. The van der Waals surface area contributed by atoms with Crippen molar-refractivity contribution in [3.63, 3.8) is 0 Å². The molecule has 0 aliphatic carbocycles. The molecule has 0 aliphatic heterocycles. The zero-order chi connectivity index (χ0) is 31.0. The Labute approximate surface area is 260 Å². The van der Waals surface area contributed by atoms with Gasteiger partial charge < -0.3 is 5.32 Å². The molecule has 228 valence electrons. The van der Waals surface area contributed by atoms with Crippen LogP contribution in [0.1, 0.15) is 37.0 Å². The van der Waals surface area contributed by atoms with Crippen LogP contribution in [-0.2, 0) is 21.4 Å². The van der Waals surface area contributed by atoms with E-state index >= 15 is 0 Å². The minimum atomic E-state index is -3.65. The lowest BCUT2D eigenvalue weighted by molar-refractivity contribution is -0.113. The second-order valence-electron chi connectivity index (χ2n) is 8.65. The van der Waals surface area contributed by atoms with Gasteiger partial charge in [-0.3, -0.25) is 19.5 Å². The van der Waals surface area contributed by atoms with E-state index in [1.807, 2.05) is 6.92 Å². The van der Waals surface area contributed by atoms with Crippen LogP contribution in [0.2, 0.25) is 0 Å². The number of aromatic nitrogens is 5. The van der Waals surface area contributed by atoms with Gasteiger partial charge in [-0.1, -0.05) is 55.6 Å². The fourth-order valence-electron chi connectivity index (χ4n) is 3.84. The molecule has 12 nitrogen and oxygen atoms in total. The lowest BCUT2D eigenvalue weighted by Crippen LogP contribution is -2.30. The highest BCUT2D eigenvalue weighted by Crippen LogP contribution is 2.26. The second kappa shape index (κ2) is 14.9. The number of benzene rings is 2. The van der Waals surface area contributed by atoms with Crippen LogP contribution in [0.25, 0.3) is 5.69 Å². The molecule has 17 heteroatoms. The summed E-state index contributed by atoms with van der Waals surface area (Å²) in [5, 5.41) is 22.6. The third-order valence-electron chi connectivity index (χ3n) is 5.90. The van der Waals surface area contributed by atoms with Crippen LogP contribution in [-0.4, -0.2) is 74.1 Å². The fourth-order valence-corrected chi connectivity index (χ4v) is 7.73. The summed E-state index contributed by atoms with van der Waals surface area (Å²) in [5.74, 6) is -0.0212. The lowest BCUT2D eigenvalue weighted by Gasteiger charge is -2.18. The number of sulfonamides is 1. The number of hydrogen-bond donors (Lipinski definition) is 2. The van der Waals surface area contributed by atoms with Gasteiger partial charge in [0.1, 0.15) is 5.82 Å². The minimum absolute atomic E-state index is 0.00965. The monoisotopic (exact) mass is 664 g/mol. The van der Waals surface area contributed by atoms with Gasteiger partial charge in [-0.15, -0.1) is 20.4 Å². The quantitative estimate of drug-likeness (QED) is 0.149. The molecule has 0 spiro atoms. The van der Waals surface area contributed by atoms with Crippen LogP contribution in [0.5, 0.6) is 0 Å². The maximum Gasteiger partial charge on any atom is 0.251 e. The van der Waals surface area contributed by atoms with Crippen LogP contribution in [0.4, 0.5) is 9.52 Å². The van der Waals surface area contributed by atoms with Crippen molar-refractivity contribution in [1.29, 1.82) is 0 Å². The first-order valence-corrected chi connectivity index (χ1v) is 17.4. The van der Waals surface area contributed by atoms with E-state index in [0.29, 0.717) is 34.9 Å². The van der Waals surface area contributed by atoms with Crippen LogP contribution in [0.3, 0.4) is 0 Å². The first-order valence-electron chi connectivity index (χ1n) is 13.1. The van der Waals surface area contributed by atoms with Gasteiger partial charge >= 0.3 is 0 Å². The van der Waals surface area contributed by atoms with Gasteiger partial charge in [0, 0.05) is 24.3 Å². The average Bonchev–Trinajstić information content (AvgIpc) is 3.62. The molecule has 4 rings (SSSR count). The van der Waals surface area contributed by atoms with E-state index < -0.39 is 21.7 Å². The van der Waals surface area contributed by atoms with Crippen LogP contribution in [0, 0.1) is 5.82 Å². The number of thioether (sulfide) groups is 2. The largest absolute Gasteiger partial charge is 0.345 e. The topological polar surface area (TPSA) is 152 Å². The number of nitrogens with one attached hydrogen (secondary N) is 2. The Morgan fingerprint density at radius 1 is 0.953 bits per heavy atom. The molecule has 2 amide bonds. The number of amides is 2. The number of halogens is 1. The molecule has 0 bridgehead atoms. The summed E-state index contributed by atoms with van der Waals surface area (Å²) in [6.07, 6.45) is 0. The van der Waals surface area contributed by atoms with Gasteiger partial charge in [0.15, 0.2) is 15.3 Å². The first kappa shape index (κ1) is 32.5. The zero-order valence-electron chi connectivity index (χ0n) is 23.5. The lowest BCUT2D eigenvalue weighted by atomic mass is 10.2. The predicted octanol–water partition coefficient (Wildman–Crippen LogP) is 4.06. The van der Waals surface area contributed by atoms with Crippen LogP contribution < -0.4 is 10.6 Å². The molecule has 2 N–H and O–H groups in total. The summed E-state index contributed by atoms with van der Waals surface area (Å²) in [4.78, 5) is 25.6. The summed E-state index contributed by atoms with van der Waals surface area (Å²) in [6.45, 7) is 6.14. The number of rotatable bonds is 14. The zero-order valence-corrected chi connectivity index (χ0v) is 26.7. The van der Waals surface area contributed by atoms with Crippen molar-refractivity contribution in [3.8, 4) is 5.69 Å². The third kappa shape index (κ3) is 8.17. The fraction of sp³-hybridized carbons (Fsp3) is 0.308. The molecule has 43 heavy (non-hydrogen) atoms. The molecule has 0 atom stereocenters. The molecule has 4 aromatic rings. The Morgan fingerprint density at radius 3 is 2.30 bits per heavy atom.